The van der Waals surface area contributed by atoms with E-state index in [9.17, 15) is 0 Å². The van der Waals surface area contributed by atoms with Crippen LogP contribution in [0.2, 0.25) is 0 Å². The molecule has 0 rings (SSSR count). The van der Waals surface area contributed by atoms with Crippen molar-refractivity contribution in [3.05, 3.63) is 0 Å². The zero-order valence-electron chi connectivity index (χ0n) is 18.4. The summed E-state index contributed by atoms with van der Waals surface area (Å²) in [5.41, 5.74) is 0. The molecule has 0 saturated carbocycles. The van der Waals surface area contributed by atoms with Crippen molar-refractivity contribution in [2.75, 3.05) is 0 Å². The second-order valence-corrected chi connectivity index (χ2v) is 9.55. The fourth-order valence-corrected chi connectivity index (χ4v) is 4.42. The maximum Gasteiger partial charge on any atom is -0.0407 e. The lowest BCUT2D eigenvalue weighted by Gasteiger charge is -2.27. The Bertz CT molecular complexity index is 243. The Balaban J connectivity index is 4.38. The van der Waals surface area contributed by atoms with Crippen LogP contribution in [-0.2, 0) is 0 Å². The van der Waals surface area contributed by atoms with E-state index in [2.05, 4.69) is 48.5 Å². The first-order chi connectivity index (χ1) is 11.4. The van der Waals surface area contributed by atoms with Crippen LogP contribution in [0.3, 0.4) is 0 Å². The first kappa shape index (κ1) is 24.0. The minimum Gasteiger partial charge on any atom is -0.0654 e. The van der Waals surface area contributed by atoms with Crippen molar-refractivity contribution in [1.82, 2.24) is 0 Å². The van der Waals surface area contributed by atoms with E-state index in [1.165, 1.54) is 77.0 Å². The van der Waals surface area contributed by atoms with Gasteiger partial charge >= 0.3 is 0 Å². The van der Waals surface area contributed by atoms with Crippen molar-refractivity contribution < 1.29 is 0 Å². The van der Waals surface area contributed by atoms with Gasteiger partial charge in [-0.25, -0.2) is 0 Å². The summed E-state index contributed by atoms with van der Waals surface area (Å²) in [5.74, 6) is 4.61. The van der Waals surface area contributed by atoms with Crippen LogP contribution in [0.4, 0.5) is 0 Å². The lowest BCUT2D eigenvalue weighted by molar-refractivity contribution is 0.252. The maximum atomic E-state index is 2.47. The standard InChI is InChI=1S/C24H50/c1-8-10-13-22(7)14-12-16-23(15-11-9-2)19-24(17-20(3)4)18-21(5)6/h20-24H,8-19H2,1-7H3. The van der Waals surface area contributed by atoms with Gasteiger partial charge < -0.3 is 0 Å². The van der Waals surface area contributed by atoms with Crippen LogP contribution < -0.4 is 0 Å². The Kier molecular flexibility index (Phi) is 15.3. The first-order valence-corrected chi connectivity index (χ1v) is 11.4. The van der Waals surface area contributed by atoms with Gasteiger partial charge in [0.1, 0.15) is 0 Å². The Labute approximate surface area is 155 Å². The summed E-state index contributed by atoms with van der Waals surface area (Å²) in [5, 5.41) is 0. The fraction of sp³-hybridized carbons (Fsp3) is 1.00. The van der Waals surface area contributed by atoms with E-state index in [1.54, 1.807) is 0 Å². The molecule has 24 heavy (non-hydrogen) atoms. The molecule has 0 heterocycles. The Morgan fingerprint density at radius 1 is 0.500 bits per heavy atom. The van der Waals surface area contributed by atoms with Gasteiger partial charge in [0.05, 0.1) is 0 Å². The minimum atomic E-state index is 0.856. The largest absolute Gasteiger partial charge is 0.0654 e. The van der Waals surface area contributed by atoms with Gasteiger partial charge in [0.15, 0.2) is 0 Å². The summed E-state index contributed by atoms with van der Waals surface area (Å²) in [6.45, 7) is 16.8. The molecule has 146 valence electrons. The van der Waals surface area contributed by atoms with Crippen LogP contribution in [-0.4, -0.2) is 0 Å². The third-order valence-electron chi connectivity index (χ3n) is 5.60. The van der Waals surface area contributed by atoms with Gasteiger partial charge in [0, 0.05) is 0 Å². The van der Waals surface area contributed by atoms with Gasteiger partial charge in [-0.1, -0.05) is 106 Å². The van der Waals surface area contributed by atoms with Crippen molar-refractivity contribution in [3.8, 4) is 0 Å². The monoisotopic (exact) mass is 338 g/mol. The average Bonchev–Trinajstić information content (AvgIpc) is 2.48. The molecule has 0 spiro atoms. The molecule has 0 aliphatic heterocycles. The van der Waals surface area contributed by atoms with Crippen LogP contribution in [0, 0.1) is 29.6 Å². The van der Waals surface area contributed by atoms with E-state index in [0.29, 0.717) is 0 Å². The summed E-state index contributed by atoms with van der Waals surface area (Å²) in [7, 11) is 0. The van der Waals surface area contributed by atoms with E-state index in [4.69, 9.17) is 0 Å². The van der Waals surface area contributed by atoms with Crippen molar-refractivity contribution in [2.24, 2.45) is 29.6 Å². The number of hydrogen-bond donors (Lipinski definition) is 0. The van der Waals surface area contributed by atoms with E-state index in [1.807, 2.05) is 0 Å². The highest BCUT2D eigenvalue weighted by Crippen LogP contribution is 2.32. The van der Waals surface area contributed by atoms with Crippen LogP contribution >= 0.6 is 0 Å². The Hall–Kier alpha value is 0. The molecule has 0 fully saturated rings. The molecular weight excluding hydrogens is 288 g/mol. The minimum absolute atomic E-state index is 0.856. The highest BCUT2D eigenvalue weighted by atomic mass is 14.2. The summed E-state index contributed by atoms with van der Waals surface area (Å²) >= 11 is 0. The van der Waals surface area contributed by atoms with Crippen LogP contribution in [0.1, 0.15) is 126 Å². The number of rotatable bonds is 16. The lowest BCUT2D eigenvalue weighted by Crippen LogP contribution is -2.14. The van der Waals surface area contributed by atoms with Gasteiger partial charge in [-0.3, -0.25) is 0 Å². The average molecular weight is 339 g/mol. The topological polar surface area (TPSA) is 0 Å². The van der Waals surface area contributed by atoms with E-state index >= 15 is 0 Å². The molecular formula is C24H50. The zero-order valence-corrected chi connectivity index (χ0v) is 18.4. The number of unbranched alkanes of at least 4 members (excludes halogenated alkanes) is 2. The third-order valence-corrected chi connectivity index (χ3v) is 5.60. The van der Waals surface area contributed by atoms with Crippen molar-refractivity contribution in [2.45, 2.75) is 126 Å². The summed E-state index contributed by atoms with van der Waals surface area (Å²) < 4.78 is 0. The predicted molar refractivity (Wildman–Crippen MR) is 113 cm³/mol. The molecule has 0 bridgehead atoms. The third kappa shape index (κ3) is 14.4. The van der Waals surface area contributed by atoms with Crippen molar-refractivity contribution in [3.63, 3.8) is 0 Å². The highest BCUT2D eigenvalue weighted by molar-refractivity contribution is 4.71. The molecule has 0 aromatic rings. The molecule has 2 unspecified atom stereocenters. The number of hydrogen-bond acceptors (Lipinski definition) is 0. The summed E-state index contributed by atoms with van der Waals surface area (Å²) in [6, 6.07) is 0. The Morgan fingerprint density at radius 3 is 1.46 bits per heavy atom. The van der Waals surface area contributed by atoms with Gasteiger partial charge in [-0.15, -0.1) is 0 Å². The molecule has 0 radical (unpaired) electrons. The zero-order chi connectivity index (χ0) is 18.4. The molecule has 0 aromatic heterocycles. The van der Waals surface area contributed by atoms with Gasteiger partial charge in [-0.05, 0) is 48.9 Å². The molecule has 0 amide bonds. The lowest BCUT2D eigenvalue weighted by atomic mass is 9.79. The van der Waals surface area contributed by atoms with Crippen LogP contribution in [0.5, 0.6) is 0 Å². The molecule has 2 atom stereocenters. The maximum absolute atomic E-state index is 2.47. The molecule has 0 saturated heterocycles. The predicted octanol–water partition coefficient (Wildman–Crippen LogP) is 8.89. The molecule has 0 heteroatoms. The molecule has 0 aliphatic carbocycles. The van der Waals surface area contributed by atoms with Gasteiger partial charge in [0.2, 0.25) is 0 Å². The normalized spacial score (nSPS) is 14.8. The van der Waals surface area contributed by atoms with E-state index in [0.717, 1.165) is 29.6 Å². The van der Waals surface area contributed by atoms with Crippen LogP contribution in [0.25, 0.3) is 0 Å². The second kappa shape index (κ2) is 15.3. The second-order valence-electron chi connectivity index (χ2n) is 9.55. The smallest absolute Gasteiger partial charge is 0.0407 e. The van der Waals surface area contributed by atoms with Crippen LogP contribution in [0.15, 0.2) is 0 Å². The summed E-state index contributed by atoms with van der Waals surface area (Å²) in [4.78, 5) is 0. The van der Waals surface area contributed by atoms with Gasteiger partial charge in [0.25, 0.3) is 0 Å². The fourth-order valence-electron chi connectivity index (χ4n) is 4.42. The van der Waals surface area contributed by atoms with Gasteiger partial charge in [-0.2, -0.15) is 0 Å². The SMILES string of the molecule is CCCCC(C)CCCC(CCCC)CC(CC(C)C)CC(C)C. The molecule has 0 nitrogen and oxygen atoms in total. The first-order valence-electron chi connectivity index (χ1n) is 11.4. The Morgan fingerprint density at radius 2 is 0.958 bits per heavy atom. The van der Waals surface area contributed by atoms with Crippen molar-refractivity contribution in [1.29, 1.82) is 0 Å². The highest BCUT2D eigenvalue weighted by Gasteiger charge is 2.19. The van der Waals surface area contributed by atoms with E-state index < -0.39 is 0 Å². The van der Waals surface area contributed by atoms with E-state index in [-0.39, 0.29) is 0 Å². The van der Waals surface area contributed by atoms with Crippen molar-refractivity contribution >= 4 is 0 Å². The summed E-state index contributed by atoms with van der Waals surface area (Å²) in [6.07, 6.45) is 17.3. The molecule has 0 N–H and O–H groups in total. The quantitative estimate of drug-likeness (QED) is 0.263. The molecule has 0 aliphatic rings. The molecule has 0 aromatic carbocycles.